The van der Waals surface area contributed by atoms with Crippen molar-refractivity contribution in [1.82, 2.24) is 33.8 Å². The molecule has 780 valence electrons. The van der Waals surface area contributed by atoms with Crippen LogP contribution in [0.2, 0.25) is 0 Å². The third-order valence-electron chi connectivity index (χ3n) is 24.5. The molecule has 140 heavy (non-hydrogen) atoms. The van der Waals surface area contributed by atoms with E-state index >= 15 is 13.2 Å². The Morgan fingerprint density at radius 2 is 0.793 bits per heavy atom. The van der Waals surface area contributed by atoms with Gasteiger partial charge in [0, 0.05) is 34.2 Å². The van der Waals surface area contributed by atoms with Gasteiger partial charge in [0.25, 0.3) is 29.5 Å². The number of fused-ring (bicyclic) bond motifs is 2. The van der Waals surface area contributed by atoms with E-state index in [2.05, 4.69) is 81.1 Å². The molecule has 0 unspecified atom stereocenters. The zero-order valence-corrected chi connectivity index (χ0v) is 91.2. The minimum absolute atomic E-state index is 0. The maximum atomic E-state index is 15.3. The molecule has 0 bridgehead atoms. The number of carbonyl (C=O) groups excluding carboxylic acids is 5. The number of aliphatic hydroxyl groups is 1. The van der Waals surface area contributed by atoms with Gasteiger partial charge in [-0.2, -0.15) is 42.1 Å². The number of hydrogen-bond donors (Lipinski definition) is 8. The van der Waals surface area contributed by atoms with Crippen LogP contribution in [-0.4, -0.2) is 213 Å². The number of allylic oxidation sites excluding steroid dienone is 2. The van der Waals surface area contributed by atoms with Gasteiger partial charge in [-0.1, -0.05) is 75.0 Å². The Bertz CT molecular complexity index is 6160. The maximum absolute atomic E-state index is 15.3. The first-order chi connectivity index (χ1) is 63.8. The maximum Gasteiger partial charge on any atom is 1.00 e. The van der Waals surface area contributed by atoms with E-state index in [9.17, 15) is 79.9 Å². The molecular formula is C92H136BrF5LiN13O23S5. The summed E-state index contributed by atoms with van der Waals surface area (Å²) in [6, 6.07) is 1.22. The summed E-state index contributed by atoms with van der Waals surface area (Å²) in [6.07, 6.45) is 11.2. The summed E-state index contributed by atoms with van der Waals surface area (Å²) < 4.78 is 244. The normalized spacial score (nSPS) is 19.4. The van der Waals surface area contributed by atoms with Gasteiger partial charge in [-0.05, 0) is 261 Å². The zero-order chi connectivity index (χ0) is 106. The van der Waals surface area contributed by atoms with Crippen molar-refractivity contribution in [2.45, 2.75) is 262 Å². The molecule has 48 heteroatoms. The third kappa shape index (κ3) is 24.9. The average molecular weight is 2130 g/mol. The molecule has 0 atom stereocenters. The van der Waals surface area contributed by atoms with E-state index in [1.807, 2.05) is 30.7 Å². The van der Waals surface area contributed by atoms with E-state index in [0.717, 1.165) is 29.1 Å². The fourth-order valence-corrected chi connectivity index (χ4v) is 25.2. The van der Waals surface area contributed by atoms with Gasteiger partial charge in [0.2, 0.25) is 0 Å². The number of rotatable bonds is 19. The molecule has 8 N–H and O–H groups in total. The molecule has 8 aliphatic heterocycles. The molecule has 5 aromatic rings. The van der Waals surface area contributed by atoms with Crippen LogP contribution in [0.5, 0.6) is 40.2 Å². The Kier molecular flexibility index (Phi) is 40.1. The van der Waals surface area contributed by atoms with Crippen molar-refractivity contribution in [1.29, 1.82) is 0 Å². The molecule has 6 saturated heterocycles. The number of benzene rings is 5. The van der Waals surface area contributed by atoms with Crippen LogP contribution in [0.1, 0.15) is 209 Å². The summed E-state index contributed by atoms with van der Waals surface area (Å²) in [5.41, 5.74) is -3.00. The summed E-state index contributed by atoms with van der Waals surface area (Å²) >= 11 is 3.13. The number of methoxy groups -OCH3 is 4. The minimum Gasteiger partial charge on any atom is -0.652 e. The van der Waals surface area contributed by atoms with Crippen molar-refractivity contribution >= 4 is 125 Å². The largest absolute Gasteiger partial charge is 1.00 e. The molecule has 0 saturated carbocycles. The van der Waals surface area contributed by atoms with Crippen LogP contribution in [0.25, 0.3) is 5.32 Å². The van der Waals surface area contributed by atoms with Gasteiger partial charge in [0.15, 0.2) is 34.8 Å². The summed E-state index contributed by atoms with van der Waals surface area (Å²) in [6.45, 7) is 46.4. The monoisotopic (exact) mass is 2130 g/mol. The van der Waals surface area contributed by atoms with Gasteiger partial charge >= 0.3 is 69.9 Å². The number of anilines is 5. The van der Waals surface area contributed by atoms with Gasteiger partial charge in [0.05, 0.1) is 41.7 Å². The number of nitrogens with zero attached hydrogens (tertiary/aromatic N) is 7. The van der Waals surface area contributed by atoms with Gasteiger partial charge < -0.3 is 54.2 Å². The molecule has 0 aromatic heterocycles. The minimum atomic E-state index is -4.29. The molecule has 8 aliphatic rings. The summed E-state index contributed by atoms with van der Waals surface area (Å²) in [7, 11) is -9.68. The van der Waals surface area contributed by atoms with Crippen LogP contribution in [0, 0.1) is 84.5 Å². The van der Waals surface area contributed by atoms with Crippen molar-refractivity contribution in [3.8, 4) is 40.2 Å². The number of aryl methyl sites for hydroxylation is 1. The Morgan fingerprint density at radius 3 is 1.10 bits per heavy atom. The predicted octanol–water partition coefficient (Wildman–Crippen LogP) is 9.27. The molecule has 5 amide bonds. The zero-order valence-electron chi connectivity index (χ0n) is 85.6. The molecule has 0 spiro atoms. The summed E-state index contributed by atoms with van der Waals surface area (Å²) in [5.74, 6) is -7.21. The Labute approximate surface area is 842 Å². The fourth-order valence-electron chi connectivity index (χ4n) is 16.9. The third-order valence-corrected chi connectivity index (χ3v) is 32.7. The first-order valence-electron chi connectivity index (χ1n) is 44.4. The number of phenols is 1. The van der Waals surface area contributed by atoms with Gasteiger partial charge in [-0.15, -0.1) is 24.2 Å². The number of halogens is 6. The number of nitrogens with one attached hydrogen (secondary N) is 6. The molecule has 36 nitrogen and oxygen atoms in total. The van der Waals surface area contributed by atoms with Crippen molar-refractivity contribution in [2.75, 3.05) is 109 Å². The average Bonchev–Trinajstić information content (AvgIpc) is 1.56. The van der Waals surface area contributed by atoms with Crippen molar-refractivity contribution < 1.29 is 146 Å². The summed E-state index contributed by atoms with van der Waals surface area (Å²) in [4.78, 5) is 62.2. The number of piperidine rings is 1. The van der Waals surface area contributed by atoms with E-state index < -0.39 is 149 Å². The first-order valence-corrected chi connectivity index (χ1v) is 52.7. The van der Waals surface area contributed by atoms with Crippen molar-refractivity contribution in [3.63, 3.8) is 0 Å². The van der Waals surface area contributed by atoms with Crippen molar-refractivity contribution in [3.05, 3.63) is 133 Å². The molecule has 6 fully saturated rings. The molecular weight excluding hydrogens is 2000 g/mol. The Hall–Kier alpha value is -9.15. The fraction of sp³-hybridized carbons (Fsp3) is 0.576. The number of alkyl halides is 1. The molecule has 0 aliphatic carbocycles. The molecule has 8 heterocycles. The number of carbonyl (C=O) groups is 5. The Morgan fingerprint density at radius 1 is 0.479 bits per heavy atom. The quantitative estimate of drug-likeness (QED) is 0.0125. The standard InChI is InChI=1S/C16H23FN2O5S.C16H21FN2O4S.C15H19FN2O5S.C14H17FN2O5S.C13H17FN2O4S.C9H18N.C6H16N2.C3H5Br.Li/c1-9-10(2)14(24-5)13(12(17)11(9)7-6-8-20)19-16(3,4)15(21)18-25(19,22)23;1-7-8-11-9(2)10(3)14(23-6)13(12(11)17)19-16(4,5)15(20)18-24(19,21)22;1-8-12-9(6-5-7-23-12)10(16)11(13(8)22-4)18-15(2,3)14(19)17-24(18,20)21;1-7-11(18)10(9(15)8-5-4-6-22-12(7)8)17-14(2,3)13(19)16-23(17,20)21;1-7-6-9(14)10(11(20-5)8(7)2)16-13(3,4)12(17)15-21(16,18)19;1-8(2)6-5-7-9(3,4)10-8;1-7-5-4-6-8(2)3;1-2-3-4;/h20H,6-8H2,1-5H3,(H,18,21);7H,1,8H2,2-6H3,(H,18,20);5-7H2,1-4H3,(H,17,19);18H,4-6H2,1-3H3,(H,16,19);6H,1-5H3,(H,15,17);5-7H2,1-4H3;7H,4-6H2,1-3H3;2H,1,3H2;/q;;;;;-1;;;+1. The first kappa shape index (κ1) is 121. The molecule has 0 radical (unpaired) electrons. The van der Waals surface area contributed by atoms with Crippen LogP contribution in [0.4, 0.5) is 50.4 Å². The second kappa shape index (κ2) is 46.3. The van der Waals surface area contributed by atoms with Crippen molar-refractivity contribution in [2.24, 2.45) is 0 Å². The number of hydrogen-bond acceptors (Lipinski definition) is 25. The van der Waals surface area contributed by atoms with E-state index in [-0.39, 0.29) is 112 Å². The SMILES string of the molecule is C=CCBr.C=CCc1c(C)c(C)c(OC)c(N2C(C)(C)C(=O)NS2(=O)=O)c1F.CC1(C)CCCC(C)(C)[N-]1.CNCCCN(C)C.COc1c(C)c(C)c(CCCO)c(F)c1N1C(C)(C)C(=O)NS1(=O)=O.COc1c(C)c(C)cc(F)c1N1C(C)(C)C(=O)NS1(=O)=O.COc1c(C)c2c(c(F)c1N1C(C)(C)C(=O)NS1(=O)=O)CCCO2.Cc1c(O)c(N2C(C)(C)C(=O)NS2(=O)=O)c(F)c2c1OCCC2.[Li+]. The van der Waals surface area contributed by atoms with Gasteiger partial charge in [0.1, 0.15) is 90.6 Å². The predicted molar refractivity (Wildman–Crippen MR) is 529 cm³/mol. The van der Waals surface area contributed by atoms with Crippen LogP contribution >= 0.6 is 15.9 Å². The van der Waals surface area contributed by atoms with Gasteiger partial charge in [-0.3, -0.25) is 24.0 Å². The van der Waals surface area contributed by atoms with E-state index in [4.69, 9.17) is 38.8 Å². The number of aromatic hydroxyl groups is 1. The van der Waals surface area contributed by atoms with Gasteiger partial charge in [-0.25, -0.2) is 67.1 Å². The van der Waals surface area contributed by atoms with E-state index in [1.165, 1.54) is 149 Å². The topological polar surface area (TPSA) is 458 Å². The molecule has 5 aromatic carbocycles. The number of phenolic OH excluding ortho intramolecular Hbond substituents is 1. The summed E-state index contributed by atoms with van der Waals surface area (Å²) in [5, 5.41) is 28.2. The number of aliphatic hydroxyl groups excluding tert-OH is 1. The van der Waals surface area contributed by atoms with Crippen LogP contribution in [-0.2, 0) is 101 Å². The smallest absolute Gasteiger partial charge is 0.652 e. The Balaban J connectivity index is 0.000000292. The number of amides is 5. The second-order valence-electron chi connectivity index (χ2n) is 37.9. The van der Waals surface area contributed by atoms with Crippen LogP contribution in [0.15, 0.2) is 31.4 Å². The second-order valence-corrected chi connectivity index (χ2v) is 46.2. The van der Waals surface area contributed by atoms with E-state index in [0.29, 0.717) is 111 Å². The van der Waals surface area contributed by atoms with Crippen LogP contribution < -0.4 is 97.7 Å². The molecule has 13 rings (SSSR count). The van der Waals surface area contributed by atoms with Crippen LogP contribution in [0.3, 0.4) is 0 Å². The number of ether oxygens (including phenoxy) is 6. The van der Waals surface area contributed by atoms with E-state index in [1.54, 1.807) is 54.5 Å².